The van der Waals surface area contributed by atoms with Crippen LogP contribution in [0.25, 0.3) is 0 Å². The highest BCUT2D eigenvalue weighted by Gasteiger charge is 2.33. The van der Waals surface area contributed by atoms with Crippen molar-refractivity contribution in [2.75, 3.05) is 13.1 Å². The van der Waals surface area contributed by atoms with Crippen LogP contribution in [0.2, 0.25) is 0 Å². The fourth-order valence-corrected chi connectivity index (χ4v) is 3.76. The molecule has 1 aliphatic heterocycles. The lowest BCUT2D eigenvalue weighted by molar-refractivity contribution is -0.140. The Morgan fingerprint density at radius 3 is 2.26 bits per heavy atom. The van der Waals surface area contributed by atoms with Crippen LogP contribution >= 0.6 is 0 Å². The van der Waals surface area contributed by atoms with Gasteiger partial charge in [0.05, 0.1) is 5.92 Å². The molecule has 0 aromatic carbocycles. The van der Waals surface area contributed by atoms with Crippen LogP contribution in [0.4, 0.5) is 0 Å². The van der Waals surface area contributed by atoms with Crippen molar-refractivity contribution < 1.29 is 9.21 Å². The van der Waals surface area contributed by atoms with E-state index < -0.39 is 0 Å². The van der Waals surface area contributed by atoms with E-state index >= 15 is 0 Å². The number of rotatable bonds is 2. The number of carbonyl (C=O) groups excluding carboxylic acids is 1. The van der Waals surface area contributed by atoms with Gasteiger partial charge in [-0.2, -0.15) is 0 Å². The highest BCUT2D eigenvalue weighted by atomic mass is 16.4. The van der Waals surface area contributed by atoms with Gasteiger partial charge in [0.2, 0.25) is 17.7 Å². The van der Waals surface area contributed by atoms with Gasteiger partial charge in [-0.25, -0.2) is 0 Å². The van der Waals surface area contributed by atoms with Crippen molar-refractivity contribution in [1.82, 2.24) is 15.1 Å². The highest BCUT2D eigenvalue weighted by Crippen LogP contribution is 2.34. The minimum atomic E-state index is -0.329. The molecule has 1 aliphatic carbocycles. The lowest BCUT2D eigenvalue weighted by Crippen LogP contribution is -2.44. The van der Waals surface area contributed by atoms with E-state index in [9.17, 15) is 4.79 Å². The molecule has 3 rings (SSSR count). The molecule has 1 aromatic heterocycles. The van der Waals surface area contributed by atoms with Gasteiger partial charge in [-0.3, -0.25) is 4.79 Å². The topological polar surface area (TPSA) is 59.2 Å². The van der Waals surface area contributed by atoms with Gasteiger partial charge in [0.15, 0.2) is 0 Å². The van der Waals surface area contributed by atoms with Gasteiger partial charge < -0.3 is 9.32 Å². The molecule has 2 fully saturated rings. The lowest BCUT2D eigenvalue weighted by Gasteiger charge is -2.35. The molecule has 1 saturated carbocycles. The second-order valence-corrected chi connectivity index (χ2v) is 8.15. The second-order valence-electron chi connectivity index (χ2n) is 8.15. The summed E-state index contributed by atoms with van der Waals surface area (Å²) in [6.45, 7) is 7.49. The molecule has 5 nitrogen and oxygen atoms in total. The maximum absolute atomic E-state index is 12.5. The Hall–Kier alpha value is -1.39. The molecular weight excluding hydrogens is 290 g/mol. The maximum Gasteiger partial charge on any atom is 0.227 e. The average Bonchev–Trinajstić information content (AvgIpc) is 3.04. The number of amides is 1. The number of hydrogen-bond acceptors (Lipinski definition) is 4. The smallest absolute Gasteiger partial charge is 0.227 e. The first-order valence-corrected chi connectivity index (χ1v) is 9.08. The predicted octanol–water partition coefficient (Wildman–Crippen LogP) is 3.87. The molecule has 2 heterocycles. The third-order valence-electron chi connectivity index (χ3n) is 5.11. The zero-order valence-electron chi connectivity index (χ0n) is 14.7. The Balaban J connectivity index is 1.67. The van der Waals surface area contributed by atoms with E-state index in [4.69, 9.17) is 4.42 Å². The van der Waals surface area contributed by atoms with Crippen LogP contribution in [0.1, 0.15) is 89.3 Å². The zero-order chi connectivity index (χ0) is 16.4. The summed E-state index contributed by atoms with van der Waals surface area (Å²) in [5, 5.41) is 8.63. The van der Waals surface area contributed by atoms with Crippen LogP contribution in [0.5, 0.6) is 0 Å². The predicted molar refractivity (Wildman–Crippen MR) is 88.1 cm³/mol. The van der Waals surface area contributed by atoms with E-state index in [2.05, 4.69) is 10.2 Å². The first-order chi connectivity index (χ1) is 10.9. The molecule has 1 saturated heterocycles. The number of piperidine rings is 1. The summed E-state index contributed by atoms with van der Waals surface area (Å²) in [6, 6.07) is 0. The Morgan fingerprint density at radius 1 is 1.00 bits per heavy atom. The molecule has 1 unspecified atom stereocenters. The first kappa shape index (κ1) is 16.5. The number of likely N-dealkylation sites (tertiary alicyclic amines) is 1. The molecule has 1 aromatic rings. The normalized spacial score (nSPS) is 24.0. The summed E-state index contributed by atoms with van der Waals surface area (Å²) in [6.07, 6.45) is 8.22. The molecule has 0 bridgehead atoms. The molecule has 0 spiro atoms. The molecule has 2 aliphatic rings. The number of carbonyl (C=O) groups is 1. The molecule has 0 N–H and O–H groups in total. The van der Waals surface area contributed by atoms with Gasteiger partial charge in [0.25, 0.3) is 0 Å². The number of nitrogens with zero attached hydrogens (tertiary/aromatic N) is 3. The summed E-state index contributed by atoms with van der Waals surface area (Å²) in [7, 11) is 0. The second kappa shape index (κ2) is 6.62. The van der Waals surface area contributed by atoms with Crippen molar-refractivity contribution in [3.63, 3.8) is 0 Å². The fraction of sp³-hybridized carbons (Fsp3) is 0.833. The molecule has 1 atom stereocenters. The summed E-state index contributed by atoms with van der Waals surface area (Å²) >= 11 is 0. The van der Waals surface area contributed by atoms with Crippen molar-refractivity contribution in [3.8, 4) is 0 Å². The first-order valence-electron chi connectivity index (χ1n) is 9.08. The molecular formula is C18H29N3O2. The van der Waals surface area contributed by atoms with E-state index in [0.29, 0.717) is 12.5 Å². The maximum atomic E-state index is 12.5. The van der Waals surface area contributed by atoms with Crippen molar-refractivity contribution >= 4 is 5.91 Å². The molecule has 5 heteroatoms. The van der Waals surface area contributed by atoms with Gasteiger partial charge in [0, 0.05) is 24.4 Å². The molecule has 0 radical (unpaired) electrons. The summed E-state index contributed by atoms with van der Waals surface area (Å²) < 4.78 is 6.02. The summed E-state index contributed by atoms with van der Waals surface area (Å²) in [4.78, 5) is 14.5. The molecule has 23 heavy (non-hydrogen) atoms. The van der Waals surface area contributed by atoms with Crippen LogP contribution in [0.15, 0.2) is 4.42 Å². The van der Waals surface area contributed by atoms with Gasteiger partial charge in [0.1, 0.15) is 0 Å². The average molecular weight is 319 g/mol. The van der Waals surface area contributed by atoms with Crippen LogP contribution in [-0.4, -0.2) is 34.1 Å². The van der Waals surface area contributed by atoms with E-state index in [1.165, 1.54) is 32.1 Å². The number of aromatic nitrogens is 2. The van der Waals surface area contributed by atoms with Gasteiger partial charge in [-0.1, -0.05) is 40.0 Å². The van der Waals surface area contributed by atoms with Gasteiger partial charge >= 0.3 is 0 Å². The monoisotopic (exact) mass is 319 g/mol. The molecule has 128 valence electrons. The Labute approximate surface area is 138 Å². The third kappa shape index (κ3) is 3.75. The van der Waals surface area contributed by atoms with Crippen LogP contribution in [0, 0.1) is 5.41 Å². The molecule has 1 amide bonds. The summed E-state index contributed by atoms with van der Waals surface area (Å²) in [5.74, 6) is 2.41. The van der Waals surface area contributed by atoms with Crippen molar-refractivity contribution in [2.45, 2.75) is 77.6 Å². The summed E-state index contributed by atoms with van der Waals surface area (Å²) in [5.41, 5.74) is -0.329. The third-order valence-corrected chi connectivity index (χ3v) is 5.11. The fourth-order valence-electron chi connectivity index (χ4n) is 3.76. The largest absolute Gasteiger partial charge is 0.425 e. The quantitative estimate of drug-likeness (QED) is 0.830. The lowest BCUT2D eigenvalue weighted by atomic mass is 9.89. The highest BCUT2D eigenvalue weighted by molar-refractivity contribution is 5.81. The van der Waals surface area contributed by atoms with Crippen LogP contribution in [-0.2, 0) is 4.79 Å². The van der Waals surface area contributed by atoms with Crippen molar-refractivity contribution in [3.05, 3.63) is 11.8 Å². The van der Waals surface area contributed by atoms with Crippen molar-refractivity contribution in [1.29, 1.82) is 0 Å². The van der Waals surface area contributed by atoms with Crippen LogP contribution in [0.3, 0.4) is 0 Å². The van der Waals surface area contributed by atoms with E-state index in [1.54, 1.807) is 0 Å². The van der Waals surface area contributed by atoms with E-state index in [0.717, 1.165) is 31.2 Å². The number of hydrogen-bond donors (Lipinski definition) is 0. The minimum Gasteiger partial charge on any atom is -0.425 e. The SMILES string of the molecule is CC(C)(C)C(=O)N1CCCC(c2nnc(C3CCCCC3)o2)C1. The Morgan fingerprint density at radius 2 is 1.61 bits per heavy atom. The minimum absolute atomic E-state index is 0.194. The van der Waals surface area contributed by atoms with Gasteiger partial charge in [-0.15, -0.1) is 10.2 Å². The van der Waals surface area contributed by atoms with E-state index in [-0.39, 0.29) is 17.2 Å². The standard InChI is InChI=1S/C18H29N3O2/c1-18(2,3)17(22)21-11-7-10-14(12-21)16-20-19-15(23-16)13-8-5-4-6-9-13/h13-14H,4-12H2,1-3H3. The van der Waals surface area contributed by atoms with Gasteiger partial charge in [-0.05, 0) is 25.7 Å². The van der Waals surface area contributed by atoms with Crippen LogP contribution < -0.4 is 0 Å². The van der Waals surface area contributed by atoms with E-state index in [1.807, 2.05) is 25.7 Å². The zero-order valence-corrected chi connectivity index (χ0v) is 14.7. The van der Waals surface area contributed by atoms with Crippen molar-refractivity contribution in [2.24, 2.45) is 5.41 Å². The Kier molecular flexibility index (Phi) is 4.74. The Bertz CT molecular complexity index is 541.